The van der Waals surface area contributed by atoms with Gasteiger partial charge in [-0.15, -0.1) is 0 Å². The van der Waals surface area contributed by atoms with Crippen LogP contribution in [0.2, 0.25) is 0 Å². The van der Waals surface area contributed by atoms with Crippen molar-refractivity contribution in [2.75, 3.05) is 20.2 Å². The predicted octanol–water partition coefficient (Wildman–Crippen LogP) is 4.44. The number of likely N-dealkylation sites (tertiary alicyclic amines) is 2. The quantitative estimate of drug-likeness (QED) is 0.690. The van der Waals surface area contributed by atoms with Crippen LogP contribution in [0.5, 0.6) is 5.75 Å². The number of hydrogen-bond donors (Lipinski definition) is 0. The monoisotopic (exact) mass is 418 g/mol. The summed E-state index contributed by atoms with van der Waals surface area (Å²) >= 11 is 0. The average molecular weight is 419 g/mol. The van der Waals surface area contributed by atoms with E-state index >= 15 is 0 Å². The molecular formula is C26H30N2O3. The molecule has 1 spiro atoms. The molecule has 1 saturated carbocycles. The lowest BCUT2D eigenvalue weighted by molar-refractivity contribution is -0.180. The maximum absolute atomic E-state index is 13.4. The fourth-order valence-corrected chi connectivity index (χ4v) is 5.94. The highest BCUT2D eigenvalue weighted by molar-refractivity contribution is 5.94. The maximum atomic E-state index is 13.4. The molecule has 162 valence electrons. The van der Waals surface area contributed by atoms with Gasteiger partial charge in [-0.1, -0.05) is 43.2 Å². The molecule has 0 aromatic heterocycles. The van der Waals surface area contributed by atoms with Crippen LogP contribution in [-0.4, -0.2) is 47.9 Å². The summed E-state index contributed by atoms with van der Waals surface area (Å²) in [5.74, 6) is 1.15. The van der Waals surface area contributed by atoms with Crippen LogP contribution in [-0.2, 0) is 4.79 Å². The zero-order valence-corrected chi connectivity index (χ0v) is 18.1. The van der Waals surface area contributed by atoms with Crippen LogP contribution in [0.3, 0.4) is 0 Å². The van der Waals surface area contributed by atoms with Crippen LogP contribution >= 0.6 is 0 Å². The van der Waals surface area contributed by atoms with Gasteiger partial charge in [0.05, 0.1) is 18.6 Å². The van der Waals surface area contributed by atoms with E-state index in [1.807, 2.05) is 35.2 Å². The van der Waals surface area contributed by atoms with Gasteiger partial charge in [0.15, 0.2) is 0 Å². The van der Waals surface area contributed by atoms with Gasteiger partial charge in [0, 0.05) is 24.7 Å². The Morgan fingerprint density at radius 2 is 1.61 bits per heavy atom. The minimum absolute atomic E-state index is 0.0583. The highest BCUT2D eigenvalue weighted by atomic mass is 16.5. The van der Waals surface area contributed by atoms with Crippen molar-refractivity contribution < 1.29 is 14.3 Å². The van der Waals surface area contributed by atoms with E-state index in [9.17, 15) is 9.59 Å². The molecule has 2 amide bonds. The Morgan fingerprint density at radius 3 is 2.23 bits per heavy atom. The predicted molar refractivity (Wildman–Crippen MR) is 119 cm³/mol. The van der Waals surface area contributed by atoms with E-state index in [-0.39, 0.29) is 23.4 Å². The smallest absolute Gasteiger partial charge is 0.253 e. The highest BCUT2D eigenvalue weighted by Gasteiger charge is 2.63. The molecule has 0 N–H and O–H groups in total. The summed E-state index contributed by atoms with van der Waals surface area (Å²) in [7, 11) is 1.62. The van der Waals surface area contributed by atoms with Crippen LogP contribution in [0.15, 0.2) is 54.6 Å². The molecule has 5 nitrogen and oxygen atoms in total. The third-order valence-electron chi connectivity index (χ3n) is 7.56. The number of piperidine rings is 1. The first-order valence-electron chi connectivity index (χ1n) is 11.4. The number of benzene rings is 2. The molecule has 3 aliphatic rings. The summed E-state index contributed by atoms with van der Waals surface area (Å²) in [6.07, 6.45) is 6.00. The molecule has 2 saturated heterocycles. The molecule has 31 heavy (non-hydrogen) atoms. The first kappa shape index (κ1) is 20.1. The summed E-state index contributed by atoms with van der Waals surface area (Å²) in [5, 5.41) is 0. The number of β-lactam (4-membered cyclic amide) rings is 1. The van der Waals surface area contributed by atoms with Crippen molar-refractivity contribution >= 4 is 11.8 Å². The summed E-state index contributed by atoms with van der Waals surface area (Å²) in [6, 6.07) is 18.2. The van der Waals surface area contributed by atoms with Gasteiger partial charge < -0.3 is 14.5 Å². The van der Waals surface area contributed by atoms with Crippen LogP contribution in [0.25, 0.3) is 0 Å². The number of carbonyl (C=O) groups excluding carboxylic acids is 2. The molecule has 1 aliphatic carbocycles. The van der Waals surface area contributed by atoms with Gasteiger partial charge in [-0.3, -0.25) is 9.59 Å². The summed E-state index contributed by atoms with van der Waals surface area (Å²) in [6.45, 7) is 1.38. The third kappa shape index (κ3) is 3.31. The largest absolute Gasteiger partial charge is 0.497 e. The number of amides is 2. The zero-order valence-electron chi connectivity index (χ0n) is 18.1. The number of ether oxygens (including phenoxy) is 1. The van der Waals surface area contributed by atoms with Crippen molar-refractivity contribution in [2.45, 2.75) is 50.6 Å². The number of methoxy groups -OCH3 is 1. The molecule has 5 heteroatoms. The molecule has 2 aliphatic heterocycles. The van der Waals surface area contributed by atoms with Gasteiger partial charge in [0.2, 0.25) is 5.91 Å². The Hall–Kier alpha value is -2.82. The number of nitrogens with zero attached hydrogens (tertiary/aromatic N) is 2. The molecule has 5 rings (SSSR count). The number of hydrogen-bond acceptors (Lipinski definition) is 3. The standard InChI is InChI=1S/C26H30N2O3/c1-31-22-11-9-20(10-12-22)24(29)27-17-13-21(14-18-27)28-23(19-7-3-2-4-8-19)26(25(28)30)15-5-6-16-26/h2-4,7-12,21,23H,5-6,13-18H2,1H3. The highest BCUT2D eigenvalue weighted by Crippen LogP contribution is 2.60. The van der Waals surface area contributed by atoms with Gasteiger partial charge in [0.1, 0.15) is 5.75 Å². The fraction of sp³-hybridized carbons (Fsp3) is 0.462. The van der Waals surface area contributed by atoms with E-state index in [1.165, 1.54) is 5.56 Å². The van der Waals surface area contributed by atoms with Crippen LogP contribution < -0.4 is 4.74 Å². The van der Waals surface area contributed by atoms with E-state index in [2.05, 4.69) is 29.2 Å². The van der Waals surface area contributed by atoms with E-state index < -0.39 is 0 Å². The molecule has 2 heterocycles. The van der Waals surface area contributed by atoms with Gasteiger partial charge in [-0.25, -0.2) is 0 Å². The Balaban J connectivity index is 1.29. The first-order valence-corrected chi connectivity index (χ1v) is 11.4. The van der Waals surface area contributed by atoms with E-state index in [1.54, 1.807) is 7.11 Å². The molecule has 3 fully saturated rings. The van der Waals surface area contributed by atoms with E-state index in [0.29, 0.717) is 24.6 Å². The Morgan fingerprint density at radius 1 is 0.968 bits per heavy atom. The van der Waals surface area contributed by atoms with Crippen LogP contribution in [0.1, 0.15) is 60.5 Å². The molecule has 0 bridgehead atoms. The molecule has 1 atom stereocenters. The van der Waals surface area contributed by atoms with Crippen LogP contribution in [0.4, 0.5) is 0 Å². The van der Waals surface area contributed by atoms with Crippen molar-refractivity contribution in [1.29, 1.82) is 0 Å². The second-order valence-corrected chi connectivity index (χ2v) is 9.14. The van der Waals surface area contributed by atoms with E-state index in [0.717, 1.165) is 44.3 Å². The minimum Gasteiger partial charge on any atom is -0.497 e. The van der Waals surface area contributed by atoms with Crippen LogP contribution in [0, 0.1) is 5.41 Å². The maximum Gasteiger partial charge on any atom is 0.253 e. The van der Waals surface area contributed by atoms with Crippen molar-refractivity contribution in [2.24, 2.45) is 5.41 Å². The lowest BCUT2D eigenvalue weighted by Crippen LogP contribution is -2.66. The topological polar surface area (TPSA) is 49.9 Å². The lowest BCUT2D eigenvalue weighted by atomic mass is 9.65. The summed E-state index contributed by atoms with van der Waals surface area (Å²) in [4.78, 5) is 30.4. The second-order valence-electron chi connectivity index (χ2n) is 9.14. The molecule has 1 unspecified atom stereocenters. The van der Waals surface area contributed by atoms with Gasteiger partial charge in [0.25, 0.3) is 5.91 Å². The van der Waals surface area contributed by atoms with Crippen molar-refractivity contribution in [3.8, 4) is 5.75 Å². The Kier molecular flexibility index (Phi) is 5.20. The van der Waals surface area contributed by atoms with Crippen molar-refractivity contribution in [1.82, 2.24) is 9.80 Å². The zero-order chi connectivity index (χ0) is 21.4. The Bertz CT molecular complexity index is 942. The molecule has 2 aromatic carbocycles. The summed E-state index contributed by atoms with van der Waals surface area (Å²) < 4.78 is 5.19. The fourth-order valence-electron chi connectivity index (χ4n) is 5.94. The van der Waals surface area contributed by atoms with Crippen molar-refractivity contribution in [3.63, 3.8) is 0 Å². The molecule has 0 radical (unpaired) electrons. The Labute approximate surface area is 184 Å². The normalized spacial score (nSPS) is 23.1. The lowest BCUT2D eigenvalue weighted by Gasteiger charge is -2.59. The average Bonchev–Trinajstić information content (AvgIpc) is 3.35. The minimum atomic E-state index is -0.183. The molecular weight excluding hydrogens is 388 g/mol. The first-order chi connectivity index (χ1) is 15.1. The summed E-state index contributed by atoms with van der Waals surface area (Å²) in [5.41, 5.74) is 1.77. The third-order valence-corrected chi connectivity index (χ3v) is 7.56. The van der Waals surface area contributed by atoms with E-state index in [4.69, 9.17) is 4.74 Å². The second kappa shape index (κ2) is 8.03. The van der Waals surface area contributed by atoms with Gasteiger partial charge in [-0.05, 0) is 55.5 Å². The van der Waals surface area contributed by atoms with Gasteiger partial charge >= 0.3 is 0 Å². The number of carbonyl (C=O) groups is 2. The van der Waals surface area contributed by atoms with Gasteiger partial charge in [-0.2, -0.15) is 0 Å². The molecule has 2 aromatic rings. The SMILES string of the molecule is COc1ccc(C(=O)N2CCC(N3C(=O)C4(CCCC4)C3c3ccccc3)CC2)cc1. The van der Waals surface area contributed by atoms with Crippen molar-refractivity contribution in [3.05, 3.63) is 65.7 Å². The number of rotatable bonds is 4.